The largest absolute Gasteiger partial charge is 0.351 e. The van der Waals surface area contributed by atoms with Crippen LogP contribution in [0, 0.1) is 0 Å². The molecule has 0 saturated carbocycles. The zero-order valence-corrected chi connectivity index (χ0v) is 14.7. The molecule has 0 aliphatic heterocycles. The molecule has 1 unspecified atom stereocenters. The number of nitrogens with one attached hydrogen (secondary N) is 1. The van der Waals surface area contributed by atoms with Gasteiger partial charge in [-0.3, -0.25) is 9.78 Å². The van der Waals surface area contributed by atoms with E-state index >= 15 is 0 Å². The minimum atomic E-state index is -0.438. The van der Waals surface area contributed by atoms with Gasteiger partial charge in [-0.2, -0.15) is 11.8 Å². The van der Waals surface area contributed by atoms with Crippen molar-refractivity contribution in [2.24, 2.45) is 5.73 Å². The Hall–Kier alpha value is -1.56. The van der Waals surface area contributed by atoms with Crippen LogP contribution >= 0.6 is 24.2 Å². The predicted molar refractivity (Wildman–Crippen MR) is 99.7 cm³/mol. The highest BCUT2D eigenvalue weighted by atomic mass is 35.5. The summed E-state index contributed by atoms with van der Waals surface area (Å²) in [7, 11) is 0. The van der Waals surface area contributed by atoms with Gasteiger partial charge in [-0.05, 0) is 42.2 Å². The standard InChI is InChI=1S/C17H21N3OS.ClH/c1-22-10-8-15(18)17(21)20-12-13-5-4-6-14(11-13)16-7-2-3-9-19-16;/h2-7,9,11,15H,8,10,12,18H2,1H3,(H,20,21);1H. The molecule has 23 heavy (non-hydrogen) atoms. The molecule has 0 radical (unpaired) electrons. The first-order valence-electron chi connectivity index (χ1n) is 7.23. The van der Waals surface area contributed by atoms with Crippen molar-refractivity contribution in [1.29, 1.82) is 0 Å². The lowest BCUT2D eigenvalue weighted by Gasteiger charge is -2.12. The number of rotatable bonds is 7. The number of thioether (sulfide) groups is 1. The maximum absolute atomic E-state index is 11.9. The number of halogens is 1. The Morgan fingerprint density at radius 2 is 2.13 bits per heavy atom. The summed E-state index contributed by atoms with van der Waals surface area (Å²) in [6.45, 7) is 0.479. The number of nitrogens with zero attached hydrogens (tertiary/aromatic N) is 1. The lowest BCUT2D eigenvalue weighted by molar-refractivity contribution is -0.122. The van der Waals surface area contributed by atoms with Crippen LogP contribution in [0.4, 0.5) is 0 Å². The molecule has 6 heteroatoms. The summed E-state index contributed by atoms with van der Waals surface area (Å²) >= 11 is 1.69. The highest BCUT2D eigenvalue weighted by Crippen LogP contribution is 2.17. The number of hydrogen-bond donors (Lipinski definition) is 2. The van der Waals surface area contributed by atoms with Crippen molar-refractivity contribution >= 4 is 30.1 Å². The van der Waals surface area contributed by atoms with Crippen molar-refractivity contribution in [3.63, 3.8) is 0 Å². The third-order valence-corrected chi connectivity index (χ3v) is 3.97. The summed E-state index contributed by atoms with van der Waals surface area (Å²) in [4.78, 5) is 16.3. The van der Waals surface area contributed by atoms with Crippen molar-refractivity contribution < 1.29 is 4.79 Å². The average Bonchev–Trinajstić information content (AvgIpc) is 2.58. The fraction of sp³-hybridized carbons (Fsp3) is 0.294. The van der Waals surface area contributed by atoms with E-state index in [-0.39, 0.29) is 18.3 Å². The number of hydrogen-bond acceptors (Lipinski definition) is 4. The van der Waals surface area contributed by atoms with E-state index in [9.17, 15) is 4.79 Å². The van der Waals surface area contributed by atoms with Gasteiger partial charge in [-0.25, -0.2) is 0 Å². The van der Waals surface area contributed by atoms with E-state index in [1.807, 2.05) is 48.7 Å². The van der Waals surface area contributed by atoms with Crippen LogP contribution < -0.4 is 11.1 Å². The molecule has 0 bridgehead atoms. The van der Waals surface area contributed by atoms with Gasteiger partial charge in [0.15, 0.2) is 0 Å². The van der Waals surface area contributed by atoms with Crippen LogP contribution in [0.1, 0.15) is 12.0 Å². The monoisotopic (exact) mass is 351 g/mol. The van der Waals surface area contributed by atoms with Gasteiger partial charge in [0.2, 0.25) is 5.91 Å². The third kappa shape index (κ3) is 6.22. The third-order valence-electron chi connectivity index (χ3n) is 3.32. The summed E-state index contributed by atoms with van der Waals surface area (Å²) in [5.41, 5.74) is 8.85. The van der Waals surface area contributed by atoms with Gasteiger partial charge in [0.25, 0.3) is 0 Å². The van der Waals surface area contributed by atoms with Crippen molar-refractivity contribution in [3.8, 4) is 11.3 Å². The second-order valence-electron chi connectivity index (χ2n) is 5.02. The first-order chi connectivity index (χ1) is 10.7. The highest BCUT2D eigenvalue weighted by Gasteiger charge is 2.12. The Balaban J connectivity index is 0.00000264. The van der Waals surface area contributed by atoms with Crippen LogP contribution in [-0.4, -0.2) is 28.9 Å². The number of carbonyl (C=O) groups excluding carboxylic acids is 1. The number of amides is 1. The van der Waals surface area contributed by atoms with Crippen LogP contribution in [-0.2, 0) is 11.3 Å². The van der Waals surface area contributed by atoms with E-state index in [0.717, 1.165) is 22.6 Å². The zero-order chi connectivity index (χ0) is 15.8. The topological polar surface area (TPSA) is 68.0 Å². The lowest BCUT2D eigenvalue weighted by Crippen LogP contribution is -2.40. The summed E-state index contributed by atoms with van der Waals surface area (Å²) in [6, 6.07) is 13.4. The quantitative estimate of drug-likeness (QED) is 0.804. The second-order valence-corrected chi connectivity index (χ2v) is 6.01. The van der Waals surface area contributed by atoms with Crippen LogP contribution in [0.2, 0.25) is 0 Å². The molecule has 0 spiro atoms. The molecule has 0 aliphatic carbocycles. The summed E-state index contributed by atoms with van der Waals surface area (Å²) in [5, 5.41) is 2.89. The Kier molecular flexibility index (Phi) is 8.69. The van der Waals surface area contributed by atoms with E-state index < -0.39 is 6.04 Å². The molecule has 1 atom stereocenters. The Labute approximate surface area is 147 Å². The van der Waals surface area contributed by atoms with Crippen molar-refractivity contribution in [1.82, 2.24) is 10.3 Å². The van der Waals surface area contributed by atoms with Gasteiger partial charge >= 0.3 is 0 Å². The van der Waals surface area contributed by atoms with E-state index in [1.165, 1.54) is 0 Å². The number of benzene rings is 1. The molecule has 0 saturated heterocycles. The summed E-state index contributed by atoms with van der Waals surface area (Å²) in [5.74, 6) is 0.793. The second kappa shape index (κ2) is 10.3. The van der Waals surface area contributed by atoms with E-state index in [4.69, 9.17) is 5.73 Å². The first kappa shape index (κ1) is 19.5. The number of carbonyl (C=O) groups is 1. The van der Waals surface area contributed by atoms with Gasteiger partial charge in [0, 0.05) is 18.3 Å². The Morgan fingerprint density at radius 3 is 2.83 bits per heavy atom. The number of aromatic nitrogens is 1. The van der Waals surface area contributed by atoms with Gasteiger partial charge < -0.3 is 11.1 Å². The molecule has 3 N–H and O–H groups in total. The predicted octanol–water partition coefficient (Wildman–Crippen LogP) is 2.87. The maximum Gasteiger partial charge on any atom is 0.237 e. The molecule has 2 aromatic rings. The minimum absolute atomic E-state index is 0. The fourth-order valence-electron chi connectivity index (χ4n) is 2.07. The molecule has 0 aliphatic rings. The maximum atomic E-state index is 11.9. The lowest BCUT2D eigenvalue weighted by atomic mass is 10.1. The SMILES string of the molecule is CSCCC(N)C(=O)NCc1cccc(-c2ccccn2)c1.Cl. The van der Waals surface area contributed by atoms with Crippen molar-refractivity contribution in [2.45, 2.75) is 19.0 Å². The Morgan fingerprint density at radius 1 is 1.30 bits per heavy atom. The van der Waals surface area contributed by atoms with Gasteiger partial charge in [0.1, 0.15) is 0 Å². The molecule has 2 rings (SSSR count). The van der Waals surface area contributed by atoms with E-state index in [0.29, 0.717) is 13.0 Å². The van der Waals surface area contributed by atoms with E-state index in [1.54, 1.807) is 18.0 Å². The number of nitrogens with two attached hydrogens (primary N) is 1. The first-order valence-corrected chi connectivity index (χ1v) is 8.62. The molecule has 124 valence electrons. The fourth-order valence-corrected chi connectivity index (χ4v) is 2.56. The average molecular weight is 352 g/mol. The highest BCUT2D eigenvalue weighted by molar-refractivity contribution is 7.98. The van der Waals surface area contributed by atoms with Crippen LogP contribution in [0.25, 0.3) is 11.3 Å². The van der Waals surface area contributed by atoms with Gasteiger partial charge in [0.05, 0.1) is 11.7 Å². The molecule has 1 amide bonds. The molecular weight excluding hydrogens is 330 g/mol. The smallest absolute Gasteiger partial charge is 0.237 e. The molecule has 1 aromatic heterocycles. The normalized spacial score (nSPS) is 11.4. The van der Waals surface area contributed by atoms with Gasteiger partial charge in [-0.15, -0.1) is 12.4 Å². The van der Waals surface area contributed by atoms with Crippen molar-refractivity contribution in [3.05, 3.63) is 54.2 Å². The summed E-state index contributed by atoms with van der Waals surface area (Å²) in [6.07, 6.45) is 4.48. The minimum Gasteiger partial charge on any atom is -0.351 e. The van der Waals surface area contributed by atoms with Crippen LogP contribution in [0.3, 0.4) is 0 Å². The number of pyridine rings is 1. The zero-order valence-electron chi connectivity index (χ0n) is 13.1. The molecule has 0 fully saturated rings. The van der Waals surface area contributed by atoms with Crippen LogP contribution in [0.5, 0.6) is 0 Å². The van der Waals surface area contributed by atoms with Crippen LogP contribution in [0.15, 0.2) is 48.7 Å². The summed E-state index contributed by atoms with van der Waals surface area (Å²) < 4.78 is 0. The molecule has 1 aromatic carbocycles. The molecule has 1 heterocycles. The van der Waals surface area contributed by atoms with Gasteiger partial charge in [-0.1, -0.05) is 24.3 Å². The molecule has 4 nitrogen and oxygen atoms in total. The van der Waals surface area contributed by atoms with Crippen molar-refractivity contribution in [2.75, 3.05) is 12.0 Å². The molecular formula is C17H22ClN3OS. The Bertz CT molecular complexity index is 610. The van der Waals surface area contributed by atoms with E-state index in [2.05, 4.69) is 10.3 Å².